The summed E-state index contributed by atoms with van der Waals surface area (Å²) in [5.41, 5.74) is 0. The molecular formula is C8H6F4O2S. The van der Waals surface area contributed by atoms with Gasteiger partial charge in [0.15, 0.2) is 15.6 Å². The van der Waals surface area contributed by atoms with Crippen LogP contribution < -0.4 is 0 Å². The maximum Gasteiger partial charge on any atom is 0.403 e. The zero-order valence-corrected chi connectivity index (χ0v) is 8.07. The Balaban J connectivity index is 3.02. The van der Waals surface area contributed by atoms with E-state index in [1.54, 1.807) is 0 Å². The van der Waals surface area contributed by atoms with Crippen molar-refractivity contribution in [2.75, 3.05) is 5.75 Å². The van der Waals surface area contributed by atoms with Gasteiger partial charge < -0.3 is 0 Å². The number of hydrogen-bond acceptors (Lipinski definition) is 2. The second-order valence-corrected chi connectivity index (χ2v) is 4.82. The van der Waals surface area contributed by atoms with Gasteiger partial charge in [0.1, 0.15) is 5.82 Å². The normalized spacial score (nSPS) is 12.8. The highest BCUT2D eigenvalue weighted by Gasteiger charge is 2.35. The molecule has 0 bridgehead atoms. The highest BCUT2D eigenvalue weighted by molar-refractivity contribution is 7.91. The molecule has 0 radical (unpaired) electrons. The van der Waals surface area contributed by atoms with Crippen LogP contribution >= 0.6 is 0 Å². The molecule has 7 heteroatoms. The Bertz CT molecular complexity index is 433. The molecule has 0 aliphatic carbocycles. The fraction of sp³-hybridized carbons (Fsp3) is 0.250. The summed E-state index contributed by atoms with van der Waals surface area (Å²) in [7, 11) is -4.43. The van der Waals surface area contributed by atoms with Crippen LogP contribution in [-0.2, 0) is 9.84 Å². The lowest BCUT2D eigenvalue weighted by atomic mass is 10.4. The number of hydrogen-bond donors (Lipinski definition) is 0. The molecule has 0 N–H and O–H groups in total. The van der Waals surface area contributed by atoms with Gasteiger partial charge in [-0.15, -0.1) is 0 Å². The summed E-state index contributed by atoms with van der Waals surface area (Å²) >= 11 is 0. The maximum absolute atomic E-state index is 12.4. The van der Waals surface area contributed by atoms with Crippen LogP contribution in [0.1, 0.15) is 0 Å². The Hall–Kier alpha value is -1.11. The van der Waals surface area contributed by atoms with E-state index in [1.807, 2.05) is 0 Å². The predicted octanol–water partition coefficient (Wildman–Crippen LogP) is 2.16. The predicted molar refractivity (Wildman–Crippen MR) is 44.5 cm³/mol. The molecule has 0 heterocycles. The third-order valence-electron chi connectivity index (χ3n) is 1.53. The zero-order chi connectivity index (χ0) is 11.7. The Kier molecular flexibility index (Phi) is 3.03. The molecule has 1 aromatic rings. The van der Waals surface area contributed by atoms with Crippen LogP contribution in [-0.4, -0.2) is 20.3 Å². The molecule has 0 atom stereocenters. The average Bonchev–Trinajstić information content (AvgIpc) is 2.00. The first-order valence-corrected chi connectivity index (χ1v) is 5.41. The summed E-state index contributed by atoms with van der Waals surface area (Å²) < 4.78 is 70.2. The largest absolute Gasteiger partial charge is 0.403 e. The van der Waals surface area contributed by atoms with Crippen molar-refractivity contribution in [3.05, 3.63) is 30.1 Å². The monoisotopic (exact) mass is 242 g/mol. The van der Waals surface area contributed by atoms with Gasteiger partial charge >= 0.3 is 6.18 Å². The summed E-state index contributed by atoms with van der Waals surface area (Å²) in [6, 6.07) is 3.19. The fourth-order valence-corrected chi connectivity index (χ4v) is 2.09. The number of benzene rings is 1. The van der Waals surface area contributed by atoms with Crippen molar-refractivity contribution in [1.82, 2.24) is 0 Å². The average molecular weight is 242 g/mol. The lowest BCUT2D eigenvalue weighted by Gasteiger charge is -2.07. The van der Waals surface area contributed by atoms with E-state index in [1.165, 1.54) is 0 Å². The molecule has 0 spiro atoms. The molecule has 0 unspecified atom stereocenters. The molecule has 2 nitrogen and oxygen atoms in total. The van der Waals surface area contributed by atoms with Gasteiger partial charge in [0.2, 0.25) is 0 Å². The number of rotatable bonds is 2. The second kappa shape index (κ2) is 3.80. The molecule has 1 aromatic carbocycles. The summed E-state index contributed by atoms with van der Waals surface area (Å²) in [6.07, 6.45) is -4.80. The van der Waals surface area contributed by atoms with Gasteiger partial charge in [-0.05, 0) is 24.3 Å². The Labute approximate surface area is 83.4 Å². The number of alkyl halides is 3. The molecule has 0 aliphatic heterocycles. The minimum absolute atomic E-state index is 0.541. The van der Waals surface area contributed by atoms with E-state index in [2.05, 4.69) is 0 Å². The highest BCUT2D eigenvalue weighted by Crippen LogP contribution is 2.22. The fourth-order valence-electron chi connectivity index (χ4n) is 0.941. The Morgan fingerprint density at radius 2 is 1.53 bits per heavy atom. The number of sulfone groups is 1. The molecule has 1 rings (SSSR count). The molecule has 0 saturated heterocycles. The summed E-state index contributed by atoms with van der Waals surface area (Å²) in [4.78, 5) is -0.541. The van der Waals surface area contributed by atoms with Crippen LogP contribution in [0, 0.1) is 5.82 Å². The summed E-state index contributed by atoms with van der Waals surface area (Å²) in [5.74, 6) is -2.65. The SMILES string of the molecule is O=S(=O)(CC(F)(F)F)c1ccc(F)cc1. The number of halogens is 4. The first-order chi connectivity index (χ1) is 6.71. The smallest absolute Gasteiger partial charge is 0.223 e. The van der Waals surface area contributed by atoms with Gasteiger partial charge in [-0.25, -0.2) is 12.8 Å². The Morgan fingerprint density at radius 3 is 1.93 bits per heavy atom. The van der Waals surface area contributed by atoms with Crippen LogP contribution in [0.25, 0.3) is 0 Å². The van der Waals surface area contributed by atoms with Gasteiger partial charge in [0, 0.05) is 0 Å². The maximum atomic E-state index is 12.4. The molecule has 0 aliphatic rings. The van der Waals surface area contributed by atoms with Crippen molar-refractivity contribution < 1.29 is 26.0 Å². The minimum atomic E-state index is -4.80. The van der Waals surface area contributed by atoms with E-state index in [0.29, 0.717) is 0 Å². The lowest BCUT2D eigenvalue weighted by Crippen LogP contribution is -2.22. The lowest BCUT2D eigenvalue weighted by molar-refractivity contribution is -0.106. The topological polar surface area (TPSA) is 34.1 Å². The van der Waals surface area contributed by atoms with E-state index < -0.39 is 32.5 Å². The van der Waals surface area contributed by atoms with Crippen LogP contribution in [0.4, 0.5) is 17.6 Å². The molecule has 0 aromatic heterocycles. The van der Waals surface area contributed by atoms with E-state index >= 15 is 0 Å². The van der Waals surface area contributed by atoms with Crippen molar-refractivity contribution >= 4 is 9.84 Å². The molecule has 0 amide bonds. The summed E-state index contributed by atoms with van der Waals surface area (Å²) in [6.45, 7) is 0. The van der Waals surface area contributed by atoms with Crippen LogP contribution in [0.5, 0.6) is 0 Å². The van der Waals surface area contributed by atoms with Crippen molar-refractivity contribution in [2.24, 2.45) is 0 Å². The van der Waals surface area contributed by atoms with E-state index in [-0.39, 0.29) is 0 Å². The van der Waals surface area contributed by atoms with Crippen molar-refractivity contribution in [1.29, 1.82) is 0 Å². The first-order valence-electron chi connectivity index (χ1n) is 3.76. The molecule has 84 valence electrons. The molecule has 0 saturated carbocycles. The van der Waals surface area contributed by atoms with Gasteiger partial charge in [-0.2, -0.15) is 13.2 Å². The van der Waals surface area contributed by atoms with E-state index in [9.17, 15) is 26.0 Å². The molecule has 15 heavy (non-hydrogen) atoms. The van der Waals surface area contributed by atoms with Crippen LogP contribution in [0.2, 0.25) is 0 Å². The van der Waals surface area contributed by atoms with Gasteiger partial charge in [0.25, 0.3) is 0 Å². The second-order valence-electron chi connectivity index (χ2n) is 2.83. The van der Waals surface area contributed by atoms with Gasteiger partial charge in [0.05, 0.1) is 4.90 Å². The van der Waals surface area contributed by atoms with Gasteiger partial charge in [-0.1, -0.05) is 0 Å². The van der Waals surface area contributed by atoms with Crippen molar-refractivity contribution in [3.8, 4) is 0 Å². The highest BCUT2D eigenvalue weighted by atomic mass is 32.2. The summed E-state index contributed by atoms with van der Waals surface area (Å²) in [5, 5.41) is 0. The quantitative estimate of drug-likeness (QED) is 0.588. The standard InChI is InChI=1S/C8H6F4O2S/c9-6-1-3-7(4-2-6)15(13,14)5-8(10,11)12/h1-4H,5H2. The third-order valence-corrected chi connectivity index (χ3v) is 3.22. The van der Waals surface area contributed by atoms with Crippen LogP contribution in [0.15, 0.2) is 29.2 Å². The first kappa shape index (κ1) is 12.0. The van der Waals surface area contributed by atoms with Crippen LogP contribution in [0.3, 0.4) is 0 Å². The zero-order valence-electron chi connectivity index (χ0n) is 7.25. The van der Waals surface area contributed by atoms with Crippen molar-refractivity contribution in [2.45, 2.75) is 11.1 Å². The van der Waals surface area contributed by atoms with Gasteiger partial charge in [-0.3, -0.25) is 0 Å². The third kappa shape index (κ3) is 3.50. The van der Waals surface area contributed by atoms with Crippen molar-refractivity contribution in [3.63, 3.8) is 0 Å². The minimum Gasteiger partial charge on any atom is -0.223 e. The van der Waals surface area contributed by atoms with E-state index in [0.717, 1.165) is 24.3 Å². The molecule has 0 fully saturated rings. The Morgan fingerprint density at radius 1 is 1.07 bits per heavy atom. The van der Waals surface area contributed by atoms with E-state index in [4.69, 9.17) is 0 Å². The molecular weight excluding hydrogens is 236 g/mol.